The second-order valence-corrected chi connectivity index (χ2v) is 8.13. The van der Waals surface area contributed by atoms with Crippen molar-refractivity contribution in [1.82, 2.24) is 0 Å². The number of ketones is 1. The number of nitrogens with one attached hydrogen (secondary N) is 1. The summed E-state index contributed by atoms with van der Waals surface area (Å²) in [5, 5.41) is 2.53. The minimum Gasteiger partial charge on any atom is -0.452 e. The van der Waals surface area contributed by atoms with Gasteiger partial charge in [-0.3, -0.25) is 9.59 Å². The van der Waals surface area contributed by atoms with Crippen LogP contribution in [0.5, 0.6) is 0 Å². The zero-order chi connectivity index (χ0) is 20.0. The molecule has 142 valence electrons. The summed E-state index contributed by atoms with van der Waals surface area (Å²) in [6.07, 6.45) is 1.12. The van der Waals surface area contributed by atoms with Crippen molar-refractivity contribution in [1.29, 1.82) is 0 Å². The Bertz CT molecular complexity index is 964. The van der Waals surface area contributed by atoms with Crippen LogP contribution in [0.15, 0.2) is 48.5 Å². The molecule has 8 heteroatoms. The van der Waals surface area contributed by atoms with Crippen LogP contribution in [0, 0.1) is 0 Å². The molecule has 2 rings (SSSR count). The van der Waals surface area contributed by atoms with Crippen LogP contribution < -0.4 is 5.32 Å². The van der Waals surface area contributed by atoms with E-state index in [9.17, 15) is 22.8 Å². The van der Waals surface area contributed by atoms with Crippen LogP contribution in [0.2, 0.25) is 0 Å². The molecular formula is C19H19NO6S. The number of hydrogen-bond acceptors (Lipinski definition) is 6. The smallest absolute Gasteiger partial charge is 0.338 e. The first-order chi connectivity index (χ1) is 12.7. The fourth-order valence-corrected chi connectivity index (χ4v) is 3.14. The number of anilines is 1. The molecule has 0 saturated carbocycles. The van der Waals surface area contributed by atoms with E-state index < -0.39 is 28.3 Å². The summed E-state index contributed by atoms with van der Waals surface area (Å²) >= 11 is 0. The topological polar surface area (TPSA) is 107 Å². The van der Waals surface area contributed by atoms with Gasteiger partial charge in [0.05, 0.1) is 17.0 Å². The summed E-state index contributed by atoms with van der Waals surface area (Å²) in [6, 6.07) is 12.4. The molecule has 0 aliphatic carbocycles. The van der Waals surface area contributed by atoms with E-state index >= 15 is 0 Å². The molecule has 1 N–H and O–H groups in total. The van der Waals surface area contributed by atoms with Crippen LogP contribution in [0.4, 0.5) is 5.69 Å². The minimum absolute atomic E-state index is 0.125. The molecule has 7 nitrogen and oxygen atoms in total. The molecule has 0 unspecified atom stereocenters. The molecule has 27 heavy (non-hydrogen) atoms. The third-order valence-corrected chi connectivity index (χ3v) is 4.39. The normalized spacial score (nSPS) is 10.9. The predicted octanol–water partition coefficient (Wildman–Crippen LogP) is 2.23. The largest absolute Gasteiger partial charge is 0.452 e. The predicted molar refractivity (Wildman–Crippen MR) is 100 cm³/mol. The Morgan fingerprint density at radius 2 is 1.63 bits per heavy atom. The SMILES string of the molecule is CC(=O)c1ccccc1NC(=O)COC(=O)c1ccc(CS(C)(=O)=O)cc1. The van der Waals surface area contributed by atoms with Crippen LogP contribution in [0.3, 0.4) is 0 Å². The molecule has 0 spiro atoms. The van der Waals surface area contributed by atoms with Gasteiger partial charge in [0, 0.05) is 11.8 Å². The number of carbonyl (C=O) groups is 3. The number of benzene rings is 2. The molecule has 2 aromatic rings. The molecule has 0 heterocycles. The Morgan fingerprint density at radius 1 is 1.00 bits per heavy atom. The van der Waals surface area contributed by atoms with Gasteiger partial charge in [-0.1, -0.05) is 24.3 Å². The molecule has 0 aliphatic rings. The highest BCUT2D eigenvalue weighted by atomic mass is 32.2. The highest BCUT2D eigenvalue weighted by molar-refractivity contribution is 7.89. The number of para-hydroxylation sites is 1. The van der Waals surface area contributed by atoms with E-state index in [0.29, 0.717) is 16.8 Å². The van der Waals surface area contributed by atoms with Gasteiger partial charge < -0.3 is 10.1 Å². The van der Waals surface area contributed by atoms with Crippen molar-refractivity contribution in [3.63, 3.8) is 0 Å². The quantitative estimate of drug-likeness (QED) is 0.575. The molecule has 0 saturated heterocycles. The van der Waals surface area contributed by atoms with Gasteiger partial charge in [0.15, 0.2) is 22.2 Å². The molecule has 0 atom stereocenters. The number of Topliss-reactive ketones (excluding diaryl/α,β-unsaturated/α-hetero) is 1. The Kier molecular flexibility index (Phi) is 6.46. The third kappa shape index (κ3) is 6.34. The Balaban J connectivity index is 1.93. The van der Waals surface area contributed by atoms with E-state index in [1.54, 1.807) is 24.3 Å². The summed E-state index contributed by atoms with van der Waals surface area (Å²) in [5.41, 5.74) is 1.45. The zero-order valence-corrected chi connectivity index (χ0v) is 15.7. The average Bonchev–Trinajstić information content (AvgIpc) is 2.59. The van der Waals surface area contributed by atoms with Crippen molar-refractivity contribution < 1.29 is 27.5 Å². The van der Waals surface area contributed by atoms with Crippen molar-refractivity contribution in [2.24, 2.45) is 0 Å². The van der Waals surface area contributed by atoms with E-state index in [2.05, 4.69) is 5.32 Å². The van der Waals surface area contributed by atoms with Crippen molar-refractivity contribution in [2.45, 2.75) is 12.7 Å². The lowest BCUT2D eigenvalue weighted by Gasteiger charge is -2.09. The molecule has 2 aromatic carbocycles. The lowest BCUT2D eigenvalue weighted by Crippen LogP contribution is -2.22. The van der Waals surface area contributed by atoms with Crippen molar-refractivity contribution in [2.75, 3.05) is 18.2 Å². The maximum atomic E-state index is 12.0. The highest BCUT2D eigenvalue weighted by Crippen LogP contribution is 2.15. The number of esters is 1. The number of ether oxygens (including phenoxy) is 1. The second-order valence-electron chi connectivity index (χ2n) is 5.99. The Labute approximate surface area is 157 Å². The van der Waals surface area contributed by atoms with Crippen LogP contribution in [0.25, 0.3) is 0 Å². The number of rotatable bonds is 7. The summed E-state index contributed by atoms with van der Waals surface area (Å²) in [4.78, 5) is 35.5. The number of amides is 1. The van der Waals surface area contributed by atoms with Gasteiger partial charge >= 0.3 is 5.97 Å². The summed E-state index contributed by atoms with van der Waals surface area (Å²) in [5.74, 6) is -1.61. The van der Waals surface area contributed by atoms with Crippen LogP contribution in [-0.2, 0) is 25.1 Å². The molecular weight excluding hydrogens is 370 g/mol. The maximum Gasteiger partial charge on any atom is 0.338 e. The average molecular weight is 389 g/mol. The van der Waals surface area contributed by atoms with Gasteiger partial charge in [0.25, 0.3) is 5.91 Å². The van der Waals surface area contributed by atoms with Crippen molar-refractivity contribution >= 4 is 33.2 Å². The molecule has 0 fully saturated rings. The Hall–Kier alpha value is -3.00. The van der Waals surface area contributed by atoms with Gasteiger partial charge in [0.2, 0.25) is 0 Å². The number of hydrogen-bond donors (Lipinski definition) is 1. The summed E-state index contributed by atoms with van der Waals surface area (Å²) in [7, 11) is -3.16. The second kappa shape index (κ2) is 8.59. The van der Waals surface area contributed by atoms with Gasteiger partial charge in [-0.2, -0.15) is 0 Å². The maximum absolute atomic E-state index is 12.0. The molecule has 0 radical (unpaired) electrons. The highest BCUT2D eigenvalue weighted by Gasteiger charge is 2.13. The standard InChI is InChI=1S/C19H19NO6S/c1-13(21)16-5-3-4-6-17(16)20-18(22)11-26-19(23)15-9-7-14(8-10-15)12-27(2,24)25/h3-10H,11-12H2,1-2H3,(H,20,22). The lowest BCUT2D eigenvalue weighted by molar-refractivity contribution is -0.119. The first-order valence-electron chi connectivity index (χ1n) is 7.99. The van der Waals surface area contributed by atoms with E-state index in [1.807, 2.05) is 0 Å². The summed E-state index contributed by atoms with van der Waals surface area (Å²) < 4.78 is 27.5. The Morgan fingerprint density at radius 3 is 2.22 bits per heavy atom. The minimum atomic E-state index is -3.16. The first kappa shape index (κ1) is 20.3. The van der Waals surface area contributed by atoms with Gasteiger partial charge in [-0.05, 0) is 36.8 Å². The molecule has 0 aliphatic heterocycles. The number of sulfone groups is 1. The zero-order valence-electron chi connectivity index (χ0n) is 14.9. The van der Waals surface area contributed by atoms with E-state index in [1.165, 1.54) is 31.2 Å². The molecule has 1 amide bonds. The third-order valence-electron chi connectivity index (χ3n) is 3.53. The first-order valence-corrected chi connectivity index (χ1v) is 10.1. The fourth-order valence-electron chi connectivity index (χ4n) is 2.34. The van der Waals surface area contributed by atoms with Crippen LogP contribution in [0.1, 0.15) is 33.2 Å². The van der Waals surface area contributed by atoms with E-state index in [0.717, 1.165) is 6.26 Å². The van der Waals surface area contributed by atoms with E-state index in [-0.39, 0.29) is 17.1 Å². The van der Waals surface area contributed by atoms with Crippen LogP contribution >= 0.6 is 0 Å². The van der Waals surface area contributed by atoms with Gasteiger partial charge in [-0.25, -0.2) is 13.2 Å². The van der Waals surface area contributed by atoms with Gasteiger partial charge in [0.1, 0.15) is 0 Å². The summed E-state index contributed by atoms with van der Waals surface area (Å²) in [6.45, 7) is 0.870. The number of carbonyl (C=O) groups excluding carboxylic acids is 3. The van der Waals surface area contributed by atoms with Crippen molar-refractivity contribution in [3.8, 4) is 0 Å². The van der Waals surface area contributed by atoms with Crippen LogP contribution in [-0.4, -0.2) is 38.9 Å². The lowest BCUT2D eigenvalue weighted by atomic mass is 10.1. The molecule has 0 bridgehead atoms. The molecule has 0 aromatic heterocycles. The van der Waals surface area contributed by atoms with Crippen molar-refractivity contribution in [3.05, 3.63) is 65.2 Å². The fraction of sp³-hybridized carbons (Fsp3) is 0.211. The van der Waals surface area contributed by atoms with Gasteiger partial charge in [-0.15, -0.1) is 0 Å². The monoisotopic (exact) mass is 389 g/mol. The van der Waals surface area contributed by atoms with E-state index in [4.69, 9.17) is 4.74 Å².